The summed E-state index contributed by atoms with van der Waals surface area (Å²) in [5.41, 5.74) is 3.07. The largest absolute Gasteiger partial charge is 0.497 e. The maximum Gasteiger partial charge on any atom is 0.414 e. The molecule has 0 unspecified atom stereocenters. The Labute approximate surface area is 177 Å². The molecular formula is C23H19N3O5. The van der Waals surface area contributed by atoms with E-state index >= 15 is 0 Å². The van der Waals surface area contributed by atoms with Crippen LogP contribution in [-0.2, 0) is 9.59 Å². The van der Waals surface area contributed by atoms with Gasteiger partial charge >= 0.3 is 11.9 Å². The highest BCUT2D eigenvalue weighted by molar-refractivity contribution is 6.27. The van der Waals surface area contributed by atoms with Crippen LogP contribution in [0.4, 0.5) is 0 Å². The molecule has 2 heterocycles. The molecule has 0 saturated heterocycles. The van der Waals surface area contributed by atoms with E-state index in [0.29, 0.717) is 0 Å². The van der Waals surface area contributed by atoms with Crippen molar-refractivity contribution in [3.63, 3.8) is 0 Å². The van der Waals surface area contributed by atoms with Gasteiger partial charge in [-0.05, 0) is 48.0 Å². The molecule has 156 valence electrons. The molecule has 0 aliphatic heterocycles. The zero-order valence-electron chi connectivity index (χ0n) is 16.5. The van der Waals surface area contributed by atoms with E-state index in [9.17, 15) is 0 Å². The monoisotopic (exact) mass is 417 g/mol. The minimum Gasteiger partial charge on any atom is -0.497 e. The Balaban J connectivity index is 0.000000401. The molecule has 4 aromatic rings. The van der Waals surface area contributed by atoms with Crippen molar-refractivity contribution in [2.75, 3.05) is 7.11 Å². The van der Waals surface area contributed by atoms with Gasteiger partial charge in [0.05, 0.1) is 18.1 Å². The van der Waals surface area contributed by atoms with E-state index in [0.717, 1.165) is 34.0 Å². The van der Waals surface area contributed by atoms with Crippen LogP contribution in [0.15, 0.2) is 72.9 Å². The van der Waals surface area contributed by atoms with Gasteiger partial charge in [-0.3, -0.25) is 4.57 Å². The number of nitrogens with zero attached hydrogens (tertiary/aromatic N) is 3. The van der Waals surface area contributed by atoms with Crippen molar-refractivity contribution in [3.05, 3.63) is 84.3 Å². The van der Waals surface area contributed by atoms with Crippen molar-refractivity contribution in [2.24, 2.45) is 0 Å². The second-order valence-corrected chi connectivity index (χ2v) is 6.20. The number of imidazole rings is 1. The number of ether oxygens (including phenoxy) is 1. The average Bonchev–Trinajstić information content (AvgIpc) is 3.17. The minimum absolute atomic E-state index is 0.843. The molecule has 0 radical (unpaired) electrons. The number of pyridine rings is 1. The van der Waals surface area contributed by atoms with E-state index in [2.05, 4.69) is 15.6 Å². The van der Waals surface area contributed by atoms with E-state index < -0.39 is 11.9 Å². The Hall–Kier alpha value is -4.46. The number of rotatable bonds is 4. The predicted octanol–water partition coefficient (Wildman–Crippen LogP) is 3.76. The number of benzene rings is 2. The van der Waals surface area contributed by atoms with Crippen molar-refractivity contribution in [3.8, 4) is 11.6 Å². The fourth-order valence-electron chi connectivity index (χ4n) is 2.77. The molecule has 0 saturated carbocycles. The smallest absolute Gasteiger partial charge is 0.414 e. The Morgan fingerprint density at radius 3 is 2.19 bits per heavy atom. The lowest BCUT2D eigenvalue weighted by molar-refractivity contribution is -0.159. The van der Waals surface area contributed by atoms with Crippen LogP contribution < -0.4 is 4.74 Å². The number of fused-ring (bicyclic) bond motifs is 1. The first kappa shape index (κ1) is 21.3. The number of aliphatic carboxylic acids is 2. The molecule has 0 spiro atoms. The van der Waals surface area contributed by atoms with E-state index in [-0.39, 0.29) is 0 Å². The predicted molar refractivity (Wildman–Crippen MR) is 116 cm³/mol. The van der Waals surface area contributed by atoms with Gasteiger partial charge in [-0.15, -0.1) is 0 Å². The molecule has 4 rings (SSSR count). The summed E-state index contributed by atoms with van der Waals surface area (Å²) in [7, 11) is 1.67. The van der Waals surface area contributed by atoms with Crippen molar-refractivity contribution in [1.29, 1.82) is 0 Å². The maximum absolute atomic E-state index is 9.10. The number of carbonyl (C=O) groups is 2. The molecule has 31 heavy (non-hydrogen) atoms. The van der Waals surface area contributed by atoms with Gasteiger partial charge in [0.15, 0.2) is 0 Å². The molecule has 0 aliphatic carbocycles. The van der Waals surface area contributed by atoms with Gasteiger partial charge in [0, 0.05) is 6.20 Å². The third-order valence-electron chi connectivity index (χ3n) is 4.19. The Morgan fingerprint density at radius 2 is 1.58 bits per heavy atom. The fourth-order valence-corrected chi connectivity index (χ4v) is 2.77. The van der Waals surface area contributed by atoms with Gasteiger partial charge in [-0.25, -0.2) is 19.6 Å². The highest BCUT2D eigenvalue weighted by Crippen LogP contribution is 2.22. The molecule has 0 aliphatic rings. The minimum atomic E-state index is -1.82. The van der Waals surface area contributed by atoms with Gasteiger partial charge in [0.25, 0.3) is 0 Å². The topological polar surface area (TPSA) is 115 Å². The van der Waals surface area contributed by atoms with E-state index in [1.165, 1.54) is 0 Å². The zero-order chi connectivity index (χ0) is 22.2. The van der Waals surface area contributed by atoms with Crippen LogP contribution in [-0.4, -0.2) is 43.8 Å². The van der Waals surface area contributed by atoms with Crippen LogP contribution in [0.3, 0.4) is 0 Å². The van der Waals surface area contributed by atoms with Crippen molar-refractivity contribution in [1.82, 2.24) is 14.5 Å². The van der Waals surface area contributed by atoms with Crippen LogP contribution in [0.5, 0.6) is 5.75 Å². The van der Waals surface area contributed by atoms with Gasteiger partial charge in [0.2, 0.25) is 0 Å². The Kier molecular flexibility index (Phi) is 6.74. The van der Waals surface area contributed by atoms with Crippen LogP contribution in [0, 0.1) is 0 Å². The second kappa shape index (κ2) is 9.84. The molecule has 0 atom stereocenters. The van der Waals surface area contributed by atoms with Crippen molar-refractivity contribution < 1.29 is 24.5 Å². The number of hydrogen-bond donors (Lipinski definition) is 2. The average molecular weight is 417 g/mol. The third-order valence-corrected chi connectivity index (χ3v) is 4.19. The number of hydrogen-bond acceptors (Lipinski definition) is 5. The van der Waals surface area contributed by atoms with Gasteiger partial charge < -0.3 is 14.9 Å². The van der Waals surface area contributed by atoms with Gasteiger partial charge in [-0.1, -0.05) is 36.4 Å². The number of methoxy groups -OCH3 is 1. The van der Waals surface area contributed by atoms with E-state index in [1.807, 2.05) is 72.8 Å². The molecule has 0 fully saturated rings. The lowest BCUT2D eigenvalue weighted by Crippen LogP contribution is -2.09. The summed E-state index contributed by atoms with van der Waals surface area (Å²) in [5, 5.41) is 14.8. The van der Waals surface area contributed by atoms with E-state index in [1.54, 1.807) is 13.3 Å². The maximum atomic E-state index is 9.10. The van der Waals surface area contributed by atoms with Crippen LogP contribution in [0.2, 0.25) is 0 Å². The van der Waals surface area contributed by atoms with Crippen LogP contribution in [0.1, 0.15) is 11.4 Å². The number of carboxylic acid groups (broad SMARTS) is 2. The lowest BCUT2D eigenvalue weighted by atomic mass is 10.2. The first-order valence-corrected chi connectivity index (χ1v) is 9.17. The summed E-state index contributed by atoms with van der Waals surface area (Å²) in [6.07, 6.45) is 5.84. The van der Waals surface area contributed by atoms with Crippen LogP contribution >= 0.6 is 0 Å². The number of carboxylic acids is 2. The van der Waals surface area contributed by atoms with Crippen molar-refractivity contribution >= 4 is 35.1 Å². The van der Waals surface area contributed by atoms with E-state index in [4.69, 9.17) is 29.5 Å². The highest BCUT2D eigenvalue weighted by Gasteiger charge is 2.10. The SMILES string of the molecule is COc1ccc(C=Cc2nc3ccccc3n2-c2ccccn2)cc1.O=C(O)C(=O)O. The quantitative estimate of drug-likeness (QED) is 0.486. The summed E-state index contributed by atoms with van der Waals surface area (Å²) in [5.74, 6) is -1.11. The lowest BCUT2D eigenvalue weighted by Gasteiger charge is -2.05. The zero-order valence-corrected chi connectivity index (χ0v) is 16.5. The summed E-state index contributed by atoms with van der Waals surface area (Å²) in [6.45, 7) is 0. The summed E-state index contributed by atoms with van der Waals surface area (Å²) in [6, 6.07) is 21.9. The van der Waals surface area contributed by atoms with Crippen LogP contribution in [0.25, 0.3) is 29.0 Å². The number of para-hydroxylation sites is 2. The highest BCUT2D eigenvalue weighted by atomic mass is 16.5. The second-order valence-electron chi connectivity index (χ2n) is 6.20. The first-order chi connectivity index (χ1) is 15.0. The van der Waals surface area contributed by atoms with Gasteiger partial charge in [0.1, 0.15) is 17.4 Å². The van der Waals surface area contributed by atoms with Gasteiger partial charge in [-0.2, -0.15) is 0 Å². The molecule has 2 aromatic heterocycles. The fraction of sp³-hybridized carbons (Fsp3) is 0.0435. The number of aromatic nitrogens is 3. The summed E-state index contributed by atoms with van der Waals surface area (Å²) in [4.78, 5) is 27.4. The molecule has 8 heteroatoms. The molecule has 2 N–H and O–H groups in total. The molecule has 2 aromatic carbocycles. The molecule has 8 nitrogen and oxygen atoms in total. The Morgan fingerprint density at radius 1 is 0.903 bits per heavy atom. The summed E-state index contributed by atoms with van der Waals surface area (Å²) < 4.78 is 7.26. The molecule has 0 amide bonds. The summed E-state index contributed by atoms with van der Waals surface area (Å²) >= 11 is 0. The Bertz CT molecular complexity index is 1200. The first-order valence-electron chi connectivity index (χ1n) is 9.17. The van der Waals surface area contributed by atoms with Crippen molar-refractivity contribution in [2.45, 2.75) is 0 Å². The molecular weight excluding hydrogens is 398 g/mol. The standard InChI is InChI=1S/C21H17N3O.C2H2O4/c1-25-17-12-9-16(10-13-17)11-14-21-23-18-6-2-3-7-19(18)24(21)20-8-4-5-15-22-20;3-1(4)2(5)6/h2-15H,1H3;(H,3,4)(H,5,6). The normalized spacial score (nSPS) is 10.5. The third kappa shape index (κ3) is 5.33. The molecule has 0 bridgehead atoms.